The number of fused-ring (bicyclic) bond motifs is 3. The van der Waals surface area contributed by atoms with Gasteiger partial charge in [-0.05, 0) is 10.4 Å². The van der Waals surface area contributed by atoms with Crippen LogP contribution in [0.4, 0.5) is 0 Å². The fraction of sp³-hybridized carbons (Fsp3) is 0.167. The molecule has 0 saturated carbocycles. The van der Waals surface area contributed by atoms with E-state index in [1.807, 2.05) is 24.3 Å². The molecule has 0 atom stereocenters. The average Bonchev–Trinajstić information content (AvgIpc) is 2.54. The van der Waals surface area contributed by atoms with Crippen LogP contribution in [0.3, 0.4) is 0 Å². The van der Waals surface area contributed by atoms with E-state index in [2.05, 4.69) is 17.2 Å². The highest BCUT2D eigenvalue weighted by molar-refractivity contribution is 5.89. The van der Waals surface area contributed by atoms with E-state index < -0.39 is 0 Å². The second-order valence-corrected chi connectivity index (χ2v) is 3.50. The SMILES string of the molecule is c1ccc2c3c(ccc2c1)CCOOO3. The zero-order chi connectivity index (χ0) is 10.1. The van der Waals surface area contributed by atoms with Crippen LogP contribution < -0.4 is 4.89 Å². The molecule has 3 rings (SSSR count). The topological polar surface area (TPSA) is 27.7 Å². The lowest BCUT2D eigenvalue weighted by Gasteiger charge is -2.06. The van der Waals surface area contributed by atoms with Gasteiger partial charge in [0.1, 0.15) is 0 Å². The first-order valence-corrected chi connectivity index (χ1v) is 4.92. The predicted octanol–water partition coefficient (Wildman–Crippen LogP) is 2.64. The molecule has 1 aliphatic heterocycles. The van der Waals surface area contributed by atoms with Gasteiger partial charge in [-0.2, -0.15) is 4.89 Å². The molecule has 0 N–H and O–H groups in total. The Bertz CT molecular complexity index is 493. The van der Waals surface area contributed by atoms with Crippen molar-refractivity contribution >= 4 is 10.8 Å². The van der Waals surface area contributed by atoms with Crippen molar-refractivity contribution in [3.8, 4) is 5.75 Å². The molecule has 15 heavy (non-hydrogen) atoms. The molecule has 2 aromatic rings. The second kappa shape index (κ2) is 3.53. The molecule has 0 spiro atoms. The van der Waals surface area contributed by atoms with Gasteiger partial charge in [0.05, 0.1) is 6.61 Å². The smallest absolute Gasteiger partial charge is 0.179 e. The van der Waals surface area contributed by atoms with E-state index in [1.54, 1.807) is 0 Å². The first kappa shape index (κ1) is 8.71. The summed E-state index contributed by atoms with van der Waals surface area (Å²) in [5.74, 6) is 0.769. The van der Waals surface area contributed by atoms with Crippen LogP contribution in [-0.4, -0.2) is 6.61 Å². The van der Waals surface area contributed by atoms with Crippen molar-refractivity contribution in [2.75, 3.05) is 6.61 Å². The molecule has 0 aromatic heterocycles. The fourth-order valence-electron chi connectivity index (χ4n) is 1.83. The zero-order valence-corrected chi connectivity index (χ0v) is 8.10. The van der Waals surface area contributed by atoms with E-state index in [0.717, 1.165) is 28.5 Å². The normalized spacial score (nSPS) is 15.5. The average molecular weight is 202 g/mol. The van der Waals surface area contributed by atoms with Crippen molar-refractivity contribution in [2.24, 2.45) is 0 Å². The Labute approximate surface area is 87.0 Å². The Balaban J connectivity index is 2.27. The Morgan fingerprint density at radius 3 is 2.93 bits per heavy atom. The van der Waals surface area contributed by atoms with Crippen molar-refractivity contribution in [2.45, 2.75) is 6.42 Å². The van der Waals surface area contributed by atoms with Crippen LogP contribution in [0, 0.1) is 0 Å². The molecule has 0 amide bonds. The summed E-state index contributed by atoms with van der Waals surface area (Å²) in [7, 11) is 0. The molecule has 76 valence electrons. The van der Waals surface area contributed by atoms with Crippen molar-refractivity contribution in [3.63, 3.8) is 0 Å². The molecule has 0 saturated heterocycles. The minimum atomic E-state index is 0.519. The highest BCUT2D eigenvalue weighted by Crippen LogP contribution is 2.31. The Morgan fingerprint density at radius 1 is 1.00 bits per heavy atom. The van der Waals surface area contributed by atoms with Crippen LogP contribution >= 0.6 is 0 Å². The van der Waals surface area contributed by atoms with E-state index in [1.165, 1.54) is 0 Å². The summed E-state index contributed by atoms with van der Waals surface area (Å²) in [5.41, 5.74) is 1.12. The van der Waals surface area contributed by atoms with Gasteiger partial charge in [-0.25, -0.2) is 0 Å². The zero-order valence-electron chi connectivity index (χ0n) is 8.10. The van der Waals surface area contributed by atoms with Gasteiger partial charge in [-0.1, -0.05) is 36.4 Å². The summed E-state index contributed by atoms with van der Waals surface area (Å²) < 4.78 is 0. The van der Waals surface area contributed by atoms with Gasteiger partial charge in [-0.15, -0.1) is 0 Å². The largest absolute Gasteiger partial charge is 0.307 e. The number of benzene rings is 2. The molecule has 0 fully saturated rings. The third kappa shape index (κ3) is 1.46. The van der Waals surface area contributed by atoms with Crippen LogP contribution in [0.15, 0.2) is 36.4 Å². The summed E-state index contributed by atoms with van der Waals surface area (Å²) >= 11 is 0. The number of rotatable bonds is 0. The maximum Gasteiger partial charge on any atom is 0.179 e. The van der Waals surface area contributed by atoms with Gasteiger partial charge in [0.15, 0.2) is 5.75 Å². The third-order valence-electron chi connectivity index (χ3n) is 2.58. The van der Waals surface area contributed by atoms with Crippen LogP contribution in [0.5, 0.6) is 5.75 Å². The molecule has 0 bridgehead atoms. The lowest BCUT2D eigenvalue weighted by atomic mass is 10.0. The van der Waals surface area contributed by atoms with Gasteiger partial charge >= 0.3 is 0 Å². The van der Waals surface area contributed by atoms with Crippen LogP contribution in [-0.2, 0) is 16.3 Å². The molecule has 1 aliphatic rings. The molecule has 0 radical (unpaired) electrons. The molecule has 1 heterocycles. The molecule has 0 aliphatic carbocycles. The predicted molar refractivity (Wildman–Crippen MR) is 55.3 cm³/mol. The van der Waals surface area contributed by atoms with Crippen LogP contribution in [0.25, 0.3) is 10.8 Å². The van der Waals surface area contributed by atoms with Crippen molar-refractivity contribution < 1.29 is 14.8 Å². The maximum atomic E-state index is 5.14. The fourth-order valence-corrected chi connectivity index (χ4v) is 1.83. The van der Waals surface area contributed by atoms with Crippen molar-refractivity contribution in [1.82, 2.24) is 0 Å². The summed E-state index contributed by atoms with van der Waals surface area (Å²) in [6.45, 7) is 0.519. The van der Waals surface area contributed by atoms with Gasteiger partial charge in [0.25, 0.3) is 0 Å². The van der Waals surface area contributed by atoms with Gasteiger partial charge in [0, 0.05) is 17.4 Å². The Morgan fingerprint density at radius 2 is 1.93 bits per heavy atom. The van der Waals surface area contributed by atoms with Crippen LogP contribution in [0.1, 0.15) is 5.56 Å². The molecule has 3 nitrogen and oxygen atoms in total. The number of hydrogen-bond acceptors (Lipinski definition) is 3. The summed E-state index contributed by atoms with van der Waals surface area (Å²) in [5, 5.41) is 6.83. The monoisotopic (exact) mass is 202 g/mol. The summed E-state index contributed by atoms with van der Waals surface area (Å²) in [6, 6.07) is 12.2. The Kier molecular flexibility index (Phi) is 2.05. The minimum absolute atomic E-state index is 0.519. The highest BCUT2D eigenvalue weighted by Gasteiger charge is 2.13. The van der Waals surface area contributed by atoms with E-state index in [4.69, 9.17) is 9.78 Å². The minimum Gasteiger partial charge on any atom is -0.307 e. The summed E-state index contributed by atoms with van der Waals surface area (Å²) in [4.78, 5) is 9.94. The number of hydrogen-bond donors (Lipinski definition) is 0. The second-order valence-electron chi connectivity index (χ2n) is 3.50. The quantitative estimate of drug-likeness (QED) is 0.614. The van der Waals surface area contributed by atoms with Crippen molar-refractivity contribution in [3.05, 3.63) is 42.0 Å². The van der Waals surface area contributed by atoms with Crippen LogP contribution in [0.2, 0.25) is 0 Å². The molecular formula is C12H10O3. The summed E-state index contributed by atoms with van der Waals surface area (Å²) in [6.07, 6.45) is 0.806. The Hall–Kier alpha value is -1.58. The standard InChI is InChI=1S/C12H10O3/c1-2-4-11-9(3-1)5-6-10-7-8-13-15-14-12(10)11/h1-6H,7-8H2. The van der Waals surface area contributed by atoms with Gasteiger partial charge in [-0.3, -0.25) is 0 Å². The van der Waals surface area contributed by atoms with Crippen molar-refractivity contribution in [1.29, 1.82) is 0 Å². The van der Waals surface area contributed by atoms with Gasteiger partial charge < -0.3 is 4.89 Å². The van der Waals surface area contributed by atoms with E-state index in [9.17, 15) is 0 Å². The third-order valence-corrected chi connectivity index (χ3v) is 2.58. The lowest BCUT2D eigenvalue weighted by Crippen LogP contribution is -1.96. The lowest BCUT2D eigenvalue weighted by molar-refractivity contribution is -0.461. The molecule has 2 aromatic carbocycles. The molecule has 3 heteroatoms. The van der Waals surface area contributed by atoms with E-state index in [0.29, 0.717) is 6.61 Å². The first-order valence-electron chi connectivity index (χ1n) is 4.92. The van der Waals surface area contributed by atoms with E-state index in [-0.39, 0.29) is 0 Å². The first-order chi connectivity index (χ1) is 7.45. The molecule has 0 unspecified atom stereocenters. The molecular weight excluding hydrogens is 192 g/mol. The maximum absolute atomic E-state index is 5.14. The highest BCUT2D eigenvalue weighted by atomic mass is 17.5. The van der Waals surface area contributed by atoms with E-state index >= 15 is 0 Å². The van der Waals surface area contributed by atoms with Gasteiger partial charge in [0.2, 0.25) is 0 Å².